The molecule has 0 aromatic heterocycles. The molecule has 1 rings (SSSR count). The quantitative estimate of drug-likeness (QED) is 0.491. The van der Waals surface area contributed by atoms with E-state index in [2.05, 4.69) is 0 Å². The molecule has 74 valence electrons. The van der Waals surface area contributed by atoms with Gasteiger partial charge in [-0.1, -0.05) is 6.92 Å². The highest BCUT2D eigenvalue weighted by atomic mass is 16.5. The third kappa shape index (κ3) is 1.54. The van der Waals surface area contributed by atoms with E-state index in [-0.39, 0.29) is 5.92 Å². The molecule has 3 nitrogen and oxygen atoms in total. The minimum atomic E-state index is -0.0360. The van der Waals surface area contributed by atoms with Crippen molar-refractivity contribution in [2.45, 2.75) is 13.8 Å². The minimum Gasteiger partial charge on any atom is -0.496 e. The molecule has 0 fully saturated rings. The number of hydrogen-bond acceptors (Lipinski definition) is 3. The number of hydrogen-bond donors (Lipinski definition) is 0. The van der Waals surface area contributed by atoms with Gasteiger partial charge < -0.3 is 4.74 Å². The average molecular weight is 192 g/mol. The van der Waals surface area contributed by atoms with Gasteiger partial charge >= 0.3 is 0 Å². The molecule has 1 aliphatic carbocycles. The van der Waals surface area contributed by atoms with Gasteiger partial charge in [-0.05, 0) is 18.6 Å². The molecule has 0 amide bonds. The smallest absolute Gasteiger partial charge is 0.153 e. The molecule has 0 aromatic rings. The summed E-state index contributed by atoms with van der Waals surface area (Å²) in [5, 5.41) is 0. The SMILES string of the molecule is COC1=C(C)C(C)C(=C=O)C=C1C=O. The van der Waals surface area contributed by atoms with Gasteiger partial charge in [-0.3, -0.25) is 4.79 Å². The molecule has 0 saturated carbocycles. The van der Waals surface area contributed by atoms with Gasteiger partial charge in [0.1, 0.15) is 11.7 Å². The highest BCUT2D eigenvalue weighted by molar-refractivity contribution is 5.83. The first-order valence-electron chi connectivity index (χ1n) is 4.32. The highest BCUT2D eigenvalue weighted by Crippen LogP contribution is 2.31. The standard InChI is InChI=1S/C11H12O3/c1-7-8(2)11(14-3)10(6-13)4-9(7)5-12/h4,6-7H,1-3H3. The molecule has 0 N–H and O–H groups in total. The van der Waals surface area contributed by atoms with Crippen molar-refractivity contribution in [1.29, 1.82) is 0 Å². The summed E-state index contributed by atoms with van der Waals surface area (Å²) in [5.41, 5.74) is 1.78. The van der Waals surface area contributed by atoms with Crippen LogP contribution in [0.4, 0.5) is 0 Å². The second kappa shape index (κ2) is 4.07. The fraction of sp³-hybridized carbons (Fsp3) is 0.364. The Bertz CT molecular complexity index is 368. The second-order valence-electron chi connectivity index (χ2n) is 3.21. The Morgan fingerprint density at radius 1 is 1.57 bits per heavy atom. The molecule has 1 atom stereocenters. The van der Waals surface area contributed by atoms with Crippen LogP contribution in [-0.4, -0.2) is 19.3 Å². The molecule has 14 heavy (non-hydrogen) atoms. The lowest BCUT2D eigenvalue weighted by Gasteiger charge is -2.21. The Morgan fingerprint density at radius 3 is 2.64 bits per heavy atom. The molecule has 0 spiro atoms. The van der Waals surface area contributed by atoms with Crippen molar-refractivity contribution in [3.63, 3.8) is 0 Å². The topological polar surface area (TPSA) is 43.4 Å². The Kier molecular flexibility index (Phi) is 3.05. The summed E-state index contributed by atoms with van der Waals surface area (Å²) in [7, 11) is 1.51. The second-order valence-corrected chi connectivity index (χ2v) is 3.21. The summed E-state index contributed by atoms with van der Waals surface area (Å²) in [6.07, 6.45) is 2.21. The molecule has 0 bridgehead atoms. The maximum Gasteiger partial charge on any atom is 0.153 e. The van der Waals surface area contributed by atoms with Crippen LogP contribution in [-0.2, 0) is 14.3 Å². The maximum atomic E-state index is 10.7. The maximum absolute atomic E-state index is 10.7. The van der Waals surface area contributed by atoms with E-state index in [1.54, 1.807) is 0 Å². The molecule has 0 aliphatic heterocycles. The van der Waals surface area contributed by atoms with Crippen LogP contribution in [0.1, 0.15) is 13.8 Å². The van der Waals surface area contributed by atoms with E-state index in [1.807, 2.05) is 19.8 Å². The molecule has 0 heterocycles. The number of rotatable bonds is 2. The molecule has 3 heteroatoms. The first-order valence-corrected chi connectivity index (χ1v) is 4.32. The first kappa shape index (κ1) is 10.5. The van der Waals surface area contributed by atoms with Crippen LogP contribution in [0, 0.1) is 5.92 Å². The Morgan fingerprint density at radius 2 is 2.21 bits per heavy atom. The van der Waals surface area contributed by atoms with Crippen molar-refractivity contribution in [2.24, 2.45) is 5.92 Å². The number of carbonyl (C=O) groups excluding carboxylic acids is 2. The molecule has 0 saturated heterocycles. The number of allylic oxidation sites excluding steroid dienone is 4. The van der Waals surface area contributed by atoms with Gasteiger partial charge in [0.2, 0.25) is 0 Å². The third-order valence-electron chi connectivity index (χ3n) is 2.50. The first-order chi connectivity index (χ1) is 6.65. The van der Waals surface area contributed by atoms with Crippen molar-refractivity contribution in [2.75, 3.05) is 7.11 Å². The van der Waals surface area contributed by atoms with Crippen molar-refractivity contribution in [3.8, 4) is 0 Å². The van der Waals surface area contributed by atoms with Gasteiger partial charge in [-0.2, -0.15) is 0 Å². The van der Waals surface area contributed by atoms with Gasteiger partial charge in [-0.15, -0.1) is 0 Å². The van der Waals surface area contributed by atoms with E-state index in [9.17, 15) is 9.59 Å². The fourth-order valence-corrected chi connectivity index (χ4v) is 1.50. The third-order valence-corrected chi connectivity index (χ3v) is 2.50. The van der Waals surface area contributed by atoms with Crippen LogP contribution >= 0.6 is 0 Å². The number of carbonyl (C=O) groups is 1. The Labute approximate surface area is 82.8 Å². The Hall–Kier alpha value is -1.60. The largest absolute Gasteiger partial charge is 0.496 e. The summed E-state index contributed by atoms with van der Waals surface area (Å²) in [6, 6.07) is 0. The van der Waals surface area contributed by atoms with Crippen LogP contribution in [0.15, 0.2) is 28.6 Å². The van der Waals surface area contributed by atoms with Crippen molar-refractivity contribution < 1.29 is 14.3 Å². The van der Waals surface area contributed by atoms with Crippen molar-refractivity contribution in [3.05, 3.63) is 28.6 Å². The Balaban J connectivity index is 3.30. The van der Waals surface area contributed by atoms with Gasteiger partial charge in [-0.25, -0.2) is 4.79 Å². The summed E-state index contributed by atoms with van der Waals surface area (Å²) < 4.78 is 5.11. The van der Waals surface area contributed by atoms with Crippen LogP contribution in [0.5, 0.6) is 0 Å². The van der Waals surface area contributed by atoms with E-state index >= 15 is 0 Å². The van der Waals surface area contributed by atoms with Gasteiger partial charge in [0.15, 0.2) is 6.29 Å². The zero-order chi connectivity index (χ0) is 10.7. The van der Waals surface area contributed by atoms with Crippen LogP contribution in [0.3, 0.4) is 0 Å². The fourth-order valence-electron chi connectivity index (χ4n) is 1.50. The monoisotopic (exact) mass is 192 g/mol. The summed E-state index contributed by atoms with van der Waals surface area (Å²) in [6.45, 7) is 3.73. The predicted molar refractivity (Wildman–Crippen MR) is 52.2 cm³/mol. The lowest BCUT2D eigenvalue weighted by molar-refractivity contribution is -0.105. The summed E-state index contributed by atoms with van der Waals surface area (Å²) in [4.78, 5) is 21.3. The van der Waals surface area contributed by atoms with Crippen LogP contribution in [0.25, 0.3) is 0 Å². The van der Waals surface area contributed by atoms with Gasteiger partial charge in [0.25, 0.3) is 0 Å². The van der Waals surface area contributed by atoms with E-state index in [0.29, 0.717) is 23.2 Å². The van der Waals surface area contributed by atoms with Crippen LogP contribution < -0.4 is 0 Å². The van der Waals surface area contributed by atoms with Crippen molar-refractivity contribution >= 4 is 12.2 Å². The van der Waals surface area contributed by atoms with Crippen molar-refractivity contribution in [1.82, 2.24) is 0 Å². The van der Waals surface area contributed by atoms with Gasteiger partial charge in [0.05, 0.1) is 12.7 Å². The van der Waals surface area contributed by atoms with E-state index in [1.165, 1.54) is 13.2 Å². The van der Waals surface area contributed by atoms with Gasteiger partial charge in [0, 0.05) is 11.5 Å². The highest BCUT2D eigenvalue weighted by Gasteiger charge is 2.23. The normalized spacial score (nSPS) is 21.5. The minimum absolute atomic E-state index is 0.0360. The summed E-state index contributed by atoms with van der Waals surface area (Å²) in [5.74, 6) is 2.36. The zero-order valence-corrected chi connectivity index (χ0v) is 8.46. The molecular weight excluding hydrogens is 180 g/mol. The molecule has 0 radical (unpaired) electrons. The van der Waals surface area contributed by atoms with E-state index in [4.69, 9.17) is 4.74 Å². The number of methoxy groups -OCH3 is 1. The predicted octanol–water partition coefficient (Wildman–Crippen LogP) is 1.44. The lowest BCUT2D eigenvalue weighted by atomic mass is 9.86. The number of ether oxygens (including phenoxy) is 1. The lowest BCUT2D eigenvalue weighted by Crippen LogP contribution is -2.12. The van der Waals surface area contributed by atoms with E-state index in [0.717, 1.165) is 5.57 Å². The zero-order valence-electron chi connectivity index (χ0n) is 8.46. The molecule has 0 aromatic carbocycles. The van der Waals surface area contributed by atoms with Crippen LogP contribution in [0.2, 0.25) is 0 Å². The number of aldehydes is 1. The molecule has 1 aliphatic rings. The molecule has 1 unspecified atom stereocenters. The molecular formula is C11H12O3. The summed E-state index contributed by atoms with van der Waals surface area (Å²) >= 11 is 0. The van der Waals surface area contributed by atoms with E-state index < -0.39 is 0 Å². The average Bonchev–Trinajstić information content (AvgIpc) is 2.21.